The van der Waals surface area contributed by atoms with Gasteiger partial charge in [0, 0.05) is 18.7 Å². The molecule has 1 aromatic rings. The second kappa shape index (κ2) is 7.38. The van der Waals surface area contributed by atoms with Gasteiger partial charge >= 0.3 is 6.03 Å². The zero-order chi connectivity index (χ0) is 20.6. The minimum Gasteiger partial charge on any atom is -0.479 e. The number of benzene rings is 1. The molecule has 0 radical (unpaired) electrons. The summed E-state index contributed by atoms with van der Waals surface area (Å²) in [5.74, 6) is -0.0897. The molecular formula is C20H24N4O5. The first kappa shape index (κ1) is 19.2. The van der Waals surface area contributed by atoms with Crippen LogP contribution in [0.2, 0.25) is 0 Å². The summed E-state index contributed by atoms with van der Waals surface area (Å²) >= 11 is 0. The van der Waals surface area contributed by atoms with Crippen molar-refractivity contribution in [3.05, 3.63) is 18.2 Å². The molecule has 1 saturated heterocycles. The van der Waals surface area contributed by atoms with E-state index in [1.165, 1.54) is 4.90 Å². The first-order chi connectivity index (χ1) is 13.9. The number of hydrogen-bond donors (Lipinski definition) is 3. The molecular weight excluding hydrogens is 376 g/mol. The van der Waals surface area contributed by atoms with Crippen molar-refractivity contribution in [2.45, 2.75) is 57.1 Å². The summed E-state index contributed by atoms with van der Waals surface area (Å²) in [4.78, 5) is 49.9. The second-order valence-corrected chi connectivity index (χ2v) is 7.79. The van der Waals surface area contributed by atoms with Crippen molar-refractivity contribution in [2.75, 3.05) is 17.2 Å². The standard InChI is InChI=1S/C20H24N4O5/c1-12-17(26)22-14-11-13(6-7-15(14)29-12)21-16(25)5-4-10-24-18(27)20(23-19(24)28)8-2-3-9-20/h6-7,11-12H,2-5,8-10H2,1H3,(H,21,25)(H,22,26)(H,23,28)/t12-/m0/s1. The van der Waals surface area contributed by atoms with E-state index < -0.39 is 11.6 Å². The molecule has 154 valence electrons. The largest absolute Gasteiger partial charge is 0.479 e. The summed E-state index contributed by atoms with van der Waals surface area (Å²) in [6, 6.07) is 4.66. The van der Waals surface area contributed by atoms with Crippen LogP contribution in [0, 0.1) is 0 Å². The maximum Gasteiger partial charge on any atom is 0.325 e. The summed E-state index contributed by atoms with van der Waals surface area (Å²) in [5.41, 5.74) is 0.325. The maximum absolute atomic E-state index is 12.6. The van der Waals surface area contributed by atoms with Crippen molar-refractivity contribution in [1.82, 2.24) is 10.2 Å². The average molecular weight is 400 g/mol. The van der Waals surface area contributed by atoms with Crippen LogP contribution in [0.3, 0.4) is 0 Å². The highest BCUT2D eigenvalue weighted by atomic mass is 16.5. The molecule has 1 aromatic carbocycles. The SMILES string of the molecule is C[C@@H]1Oc2ccc(NC(=O)CCCN3C(=O)NC4(CCCC4)C3=O)cc2NC1=O. The van der Waals surface area contributed by atoms with E-state index in [0.717, 1.165) is 12.8 Å². The Labute approximate surface area is 168 Å². The van der Waals surface area contributed by atoms with Crippen molar-refractivity contribution in [1.29, 1.82) is 0 Å². The number of urea groups is 1. The zero-order valence-electron chi connectivity index (χ0n) is 16.2. The summed E-state index contributed by atoms with van der Waals surface area (Å²) in [6.45, 7) is 1.87. The van der Waals surface area contributed by atoms with Crippen LogP contribution in [0.5, 0.6) is 5.75 Å². The molecule has 5 amide bonds. The molecule has 3 aliphatic rings. The van der Waals surface area contributed by atoms with Gasteiger partial charge in [0.15, 0.2) is 6.10 Å². The summed E-state index contributed by atoms with van der Waals surface area (Å²) < 4.78 is 5.49. The topological polar surface area (TPSA) is 117 Å². The van der Waals surface area contributed by atoms with Crippen molar-refractivity contribution in [3.8, 4) is 5.75 Å². The van der Waals surface area contributed by atoms with Crippen molar-refractivity contribution < 1.29 is 23.9 Å². The van der Waals surface area contributed by atoms with Gasteiger partial charge in [-0.3, -0.25) is 19.3 Å². The molecule has 1 saturated carbocycles. The molecule has 4 rings (SSSR count). The first-order valence-corrected chi connectivity index (χ1v) is 9.93. The van der Waals surface area contributed by atoms with Crippen LogP contribution in [0.25, 0.3) is 0 Å². The van der Waals surface area contributed by atoms with E-state index in [-0.39, 0.29) is 36.7 Å². The van der Waals surface area contributed by atoms with Crippen LogP contribution < -0.4 is 20.7 Å². The maximum atomic E-state index is 12.6. The summed E-state index contributed by atoms with van der Waals surface area (Å²) in [6.07, 6.45) is 3.24. The number of fused-ring (bicyclic) bond motifs is 1. The van der Waals surface area contributed by atoms with E-state index in [0.29, 0.717) is 36.4 Å². The molecule has 29 heavy (non-hydrogen) atoms. The smallest absolute Gasteiger partial charge is 0.325 e. The third kappa shape index (κ3) is 3.64. The minimum atomic E-state index is -0.716. The highest BCUT2D eigenvalue weighted by molar-refractivity contribution is 6.07. The van der Waals surface area contributed by atoms with Crippen molar-refractivity contribution >= 4 is 35.1 Å². The van der Waals surface area contributed by atoms with Gasteiger partial charge in [0.05, 0.1) is 5.69 Å². The second-order valence-electron chi connectivity index (χ2n) is 7.79. The number of imide groups is 1. The molecule has 0 unspecified atom stereocenters. The van der Waals surface area contributed by atoms with Crippen LogP contribution in [0.15, 0.2) is 18.2 Å². The fraction of sp³-hybridized carbons (Fsp3) is 0.500. The molecule has 2 aliphatic heterocycles. The number of anilines is 2. The fourth-order valence-corrected chi connectivity index (χ4v) is 4.10. The van der Waals surface area contributed by atoms with Crippen LogP contribution >= 0.6 is 0 Å². The quantitative estimate of drug-likeness (QED) is 0.654. The minimum absolute atomic E-state index is 0.167. The number of carbonyl (C=O) groups is 4. The lowest BCUT2D eigenvalue weighted by Crippen LogP contribution is -2.44. The zero-order valence-corrected chi connectivity index (χ0v) is 16.2. The number of carbonyl (C=O) groups excluding carboxylic acids is 4. The third-order valence-corrected chi connectivity index (χ3v) is 5.68. The van der Waals surface area contributed by atoms with E-state index in [1.54, 1.807) is 25.1 Å². The number of nitrogens with zero attached hydrogens (tertiary/aromatic N) is 1. The first-order valence-electron chi connectivity index (χ1n) is 9.93. The Hall–Kier alpha value is -3.10. The van der Waals surface area contributed by atoms with Crippen molar-refractivity contribution in [2.24, 2.45) is 0 Å². The van der Waals surface area contributed by atoms with Crippen LogP contribution in [0.1, 0.15) is 45.4 Å². The van der Waals surface area contributed by atoms with Gasteiger partial charge in [0.2, 0.25) is 5.91 Å². The molecule has 9 nitrogen and oxygen atoms in total. The lowest BCUT2D eigenvalue weighted by molar-refractivity contribution is -0.131. The Bertz CT molecular complexity index is 878. The molecule has 2 heterocycles. The number of rotatable bonds is 5. The van der Waals surface area contributed by atoms with Gasteiger partial charge in [-0.05, 0) is 44.4 Å². The number of nitrogens with one attached hydrogen (secondary N) is 3. The molecule has 0 aromatic heterocycles. The summed E-state index contributed by atoms with van der Waals surface area (Å²) in [7, 11) is 0. The normalized spacial score (nSPS) is 22.2. The average Bonchev–Trinajstić information content (AvgIpc) is 3.23. The Balaban J connectivity index is 1.29. The molecule has 1 spiro atoms. The molecule has 3 N–H and O–H groups in total. The van der Waals surface area contributed by atoms with E-state index in [9.17, 15) is 19.2 Å². The van der Waals surface area contributed by atoms with E-state index in [1.807, 2.05) is 0 Å². The Morgan fingerprint density at radius 1 is 1.28 bits per heavy atom. The van der Waals surface area contributed by atoms with Gasteiger partial charge in [-0.15, -0.1) is 0 Å². The predicted molar refractivity (Wildman–Crippen MR) is 104 cm³/mol. The monoisotopic (exact) mass is 400 g/mol. The number of hydrogen-bond acceptors (Lipinski definition) is 5. The lowest BCUT2D eigenvalue weighted by Gasteiger charge is -2.23. The lowest BCUT2D eigenvalue weighted by atomic mass is 9.98. The molecule has 1 atom stereocenters. The molecule has 0 bridgehead atoms. The van der Waals surface area contributed by atoms with E-state index >= 15 is 0 Å². The van der Waals surface area contributed by atoms with Gasteiger partial charge in [-0.2, -0.15) is 0 Å². The van der Waals surface area contributed by atoms with Crippen LogP contribution in [-0.2, 0) is 14.4 Å². The van der Waals surface area contributed by atoms with Gasteiger partial charge in [0.25, 0.3) is 11.8 Å². The van der Waals surface area contributed by atoms with Gasteiger partial charge in [-0.25, -0.2) is 4.79 Å². The van der Waals surface area contributed by atoms with Gasteiger partial charge in [0.1, 0.15) is 11.3 Å². The summed E-state index contributed by atoms with van der Waals surface area (Å²) in [5, 5.41) is 8.33. The molecule has 1 aliphatic carbocycles. The van der Waals surface area contributed by atoms with Crippen molar-refractivity contribution in [3.63, 3.8) is 0 Å². The van der Waals surface area contributed by atoms with E-state index in [4.69, 9.17) is 4.74 Å². The van der Waals surface area contributed by atoms with E-state index in [2.05, 4.69) is 16.0 Å². The highest BCUT2D eigenvalue weighted by Crippen LogP contribution is 2.35. The highest BCUT2D eigenvalue weighted by Gasteiger charge is 2.52. The predicted octanol–water partition coefficient (Wildman–Crippen LogP) is 1.99. The fourth-order valence-electron chi connectivity index (χ4n) is 4.10. The third-order valence-electron chi connectivity index (χ3n) is 5.68. The van der Waals surface area contributed by atoms with Crippen LogP contribution in [-0.4, -0.2) is 46.8 Å². The van der Waals surface area contributed by atoms with Gasteiger partial charge in [-0.1, -0.05) is 12.8 Å². The Kier molecular flexibility index (Phi) is 4.89. The Morgan fingerprint density at radius 3 is 2.79 bits per heavy atom. The molecule has 2 fully saturated rings. The number of amides is 5. The number of ether oxygens (including phenoxy) is 1. The Morgan fingerprint density at radius 2 is 2.03 bits per heavy atom. The molecule has 9 heteroatoms. The van der Waals surface area contributed by atoms with Gasteiger partial charge < -0.3 is 20.7 Å². The van der Waals surface area contributed by atoms with Crippen LogP contribution in [0.4, 0.5) is 16.2 Å².